The highest BCUT2D eigenvalue weighted by molar-refractivity contribution is 5.86. The second-order valence-corrected chi connectivity index (χ2v) is 6.79. The molecule has 2 rings (SSSR count). The Labute approximate surface area is 105 Å². The van der Waals surface area contributed by atoms with Crippen LogP contribution in [0, 0.1) is 22.7 Å². The van der Waals surface area contributed by atoms with Crippen molar-refractivity contribution in [1.29, 1.82) is 0 Å². The molecule has 0 amide bonds. The van der Waals surface area contributed by atoms with E-state index in [0.717, 1.165) is 32.1 Å². The van der Waals surface area contributed by atoms with Gasteiger partial charge in [0.25, 0.3) is 0 Å². The molecule has 0 aromatic rings. The standard InChI is InChI=1S/C15H26O2/c1-11(2)12-6-8-15(10-16)7-4-5-13(17)14(15,3)9-12/h11-12,16H,4-10H2,1-3H3/t12-,14+,15+/m0/s1. The van der Waals surface area contributed by atoms with Gasteiger partial charge in [0.15, 0.2) is 0 Å². The zero-order valence-electron chi connectivity index (χ0n) is 11.5. The second kappa shape index (κ2) is 4.38. The number of aliphatic hydroxyl groups is 1. The zero-order chi connectivity index (χ0) is 12.7. The molecule has 0 unspecified atom stereocenters. The molecule has 0 spiro atoms. The van der Waals surface area contributed by atoms with Crippen molar-refractivity contribution in [2.75, 3.05) is 6.61 Å². The summed E-state index contributed by atoms with van der Waals surface area (Å²) in [5, 5.41) is 9.83. The lowest BCUT2D eigenvalue weighted by Gasteiger charge is -2.55. The van der Waals surface area contributed by atoms with Crippen molar-refractivity contribution in [3.8, 4) is 0 Å². The topological polar surface area (TPSA) is 37.3 Å². The Morgan fingerprint density at radius 3 is 2.71 bits per heavy atom. The van der Waals surface area contributed by atoms with Crippen molar-refractivity contribution < 1.29 is 9.90 Å². The predicted octanol–water partition coefficient (Wildman–Crippen LogP) is 3.18. The molecule has 1 N–H and O–H groups in total. The maximum atomic E-state index is 12.4. The highest BCUT2D eigenvalue weighted by atomic mass is 16.3. The monoisotopic (exact) mass is 238 g/mol. The molecule has 2 aliphatic rings. The molecule has 0 radical (unpaired) electrons. The van der Waals surface area contributed by atoms with Gasteiger partial charge < -0.3 is 5.11 Å². The summed E-state index contributed by atoms with van der Waals surface area (Å²) in [7, 11) is 0. The first-order chi connectivity index (χ1) is 7.95. The highest BCUT2D eigenvalue weighted by Crippen LogP contribution is 2.59. The first-order valence-electron chi connectivity index (χ1n) is 7.09. The van der Waals surface area contributed by atoms with E-state index in [4.69, 9.17) is 0 Å². The molecule has 2 heteroatoms. The first-order valence-corrected chi connectivity index (χ1v) is 7.09. The third-order valence-electron chi connectivity index (χ3n) is 5.75. The first kappa shape index (κ1) is 13.1. The minimum absolute atomic E-state index is 0.103. The number of ketones is 1. The molecule has 0 heterocycles. The number of carbonyl (C=O) groups is 1. The Kier molecular flexibility index (Phi) is 3.37. The van der Waals surface area contributed by atoms with E-state index in [1.54, 1.807) is 0 Å². The summed E-state index contributed by atoms with van der Waals surface area (Å²) in [5.41, 5.74) is -0.360. The van der Waals surface area contributed by atoms with Gasteiger partial charge in [0.05, 0.1) is 0 Å². The lowest BCUT2D eigenvalue weighted by Crippen LogP contribution is -2.54. The molecule has 2 fully saturated rings. The summed E-state index contributed by atoms with van der Waals surface area (Å²) in [6.07, 6.45) is 5.95. The Hall–Kier alpha value is -0.370. The van der Waals surface area contributed by atoms with Crippen molar-refractivity contribution in [1.82, 2.24) is 0 Å². The van der Waals surface area contributed by atoms with Gasteiger partial charge in [0.1, 0.15) is 5.78 Å². The Balaban J connectivity index is 2.30. The van der Waals surface area contributed by atoms with Gasteiger partial charge >= 0.3 is 0 Å². The van der Waals surface area contributed by atoms with Crippen LogP contribution in [0.15, 0.2) is 0 Å². The van der Waals surface area contributed by atoms with E-state index in [9.17, 15) is 9.90 Å². The van der Waals surface area contributed by atoms with Crippen LogP contribution >= 0.6 is 0 Å². The quantitative estimate of drug-likeness (QED) is 0.802. The molecule has 2 nitrogen and oxygen atoms in total. The Morgan fingerprint density at radius 1 is 1.41 bits per heavy atom. The van der Waals surface area contributed by atoms with Crippen molar-refractivity contribution in [3.63, 3.8) is 0 Å². The van der Waals surface area contributed by atoms with Crippen LogP contribution in [-0.2, 0) is 4.79 Å². The average Bonchev–Trinajstić information content (AvgIpc) is 2.30. The SMILES string of the molecule is CC(C)[C@H]1CC[C@@]2(CO)CCCC(=O)[C@@]2(C)C1. The fraction of sp³-hybridized carbons (Fsp3) is 0.933. The molecule has 3 atom stereocenters. The average molecular weight is 238 g/mol. The summed E-state index contributed by atoms with van der Waals surface area (Å²) in [5.74, 6) is 1.71. The lowest BCUT2D eigenvalue weighted by molar-refractivity contribution is -0.155. The molecular weight excluding hydrogens is 212 g/mol. The van der Waals surface area contributed by atoms with Crippen LogP contribution in [0.3, 0.4) is 0 Å². The van der Waals surface area contributed by atoms with Crippen LogP contribution in [0.2, 0.25) is 0 Å². The van der Waals surface area contributed by atoms with Gasteiger partial charge in [-0.1, -0.05) is 20.8 Å². The fourth-order valence-electron chi connectivity index (χ4n) is 4.16. The number of Topliss-reactive ketones (excluding diaryl/α,β-unsaturated/α-hetero) is 1. The molecule has 0 aromatic carbocycles. The zero-order valence-corrected chi connectivity index (χ0v) is 11.5. The van der Waals surface area contributed by atoms with Gasteiger partial charge in [0, 0.05) is 23.9 Å². The molecule has 0 saturated heterocycles. The van der Waals surface area contributed by atoms with Crippen molar-refractivity contribution >= 4 is 5.78 Å². The lowest BCUT2D eigenvalue weighted by atomic mass is 9.48. The minimum atomic E-state index is -0.257. The molecule has 0 bridgehead atoms. The van der Waals surface area contributed by atoms with E-state index < -0.39 is 0 Å². The molecular formula is C15H26O2. The molecule has 2 aliphatic carbocycles. The normalized spacial score (nSPS) is 42.6. The maximum absolute atomic E-state index is 12.4. The molecule has 98 valence electrons. The number of fused-ring (bicyclic) bond motifs is 1. The van der Waals surface area contributed by atoms with Crippen LogP contribution in [0.25, 0.3) is 0 Å². The van der Waals surface area contributed by atoms with Gasteiger partial charge in [-0.3, -0.25) is 4.79 Å². The van der Waals surface area contributed by atoms with Crippen LogP contribution in [0.4, 0.5) is 0 Å². The Morgan fingerprint density at radius 2 is 2.12 bits per heavy atom. The number of hydrogen-bond donors (Lipinski definition) is 1. The van der Waals surface area contributed by atoms with E-state index in [1.807, 2.05) is 0 Å². The fourth-order valence-corrected chi connectivity index (χ4v) is 4.16. The van der Waals surface area contributed by atoms with Gasteiger partial charge in [-0.2, -0.15) is 0 Å². The van der Waals surface area contributed by atoms with Gasteiger partial charge in [-0.15, -0.1) is 0 Å². The van der Waals surface area contributed by atoms with Crippen LogP contribution in [-0.4, -0.2) is 17.5 Å². The number of carbonyl (C=O) groups excluding carboxylic acids is 1. The molecule has 0 aromatic heterocycles. The Bertz CT molecular complexity index is 310. The molecule has 17 heavy (non-hydrogen) atoms. The van der Waals surface area contributed by atoms with Crippen LogP contribution in [0.1, 0.15) is 59.3 Å². The highest BCUT2D eigenvalue weighted by Gasteiger charge is 2.56. The summed E-state index contributed by atoms with van der Waals surface area (Å²) < 4.78 is 0. The second-order valence-electron chi connectivity index (χ2n) is 6.79. The van der Waals surface area contributed by atoms with E-state index in [2.05, 4.69) is 20.8 Å². The molecule has 0 aliphatic heterocycles. The van der Waals surface area contributed by atoms with Crippen LogP contribution < -0.4 is 0 Å². The van der Waals surface area contributed by atoms with Gasteiger partial charge in [0.2, 0.25) is 0 Å². The van der Waals surface area contributed by atoms with Gasteiger partial charge in [-0.05, 0) is 43.9 Å². The summed E-state index contributed by atoms with van der Waals surface area (Å²) >= 11 is 0. The number of aliphatic hydroxyl groups excluding tert-OH is 1. The minimum Gasteiger partial charge on any atom is -0.396 e. The van der Waals surface area contributed by atoms with E-state index in [1.165, 1.54) is 6.42 Å². The van der Waals surface area contributed by atoms with Crippen molar-refractivity contribution in [2.45, 2.75) is 59.3 Å². The number of rotatable bonds is 2. The summed E-state index contributed by atoms with van der Waals surface area (Å²) in [6.45, 7) is 6.83. The predicted molar refractivity (Wildman–Crippen MR) is 68.7 cm³/mol. The maximum Gasteiger partial charge on any atom is 0.139 e. The summed E-state index contributed by atoms with van der Waals surface area (Å²) in [6, 6.07) is 0. The third-order valence-corrected chi connectivity index (χ3v) is 5.75. The van der Waals surface area contributed by atoms with E-state index in [0.29, 0.717) is 17.6 Å². The number of hydrogen-bond acceptors (Lipinski definition) is 2. The molecule has 2 saturated carbocycles. The van der Waals surface area contributed by atoms with Crippen molar-refractivity contribution in [2.24, 2.45) is 22.7 Å². The van der Waals surface area contributed by atoms with E-state index in [-0.39, 0.29) is 17.4 Å². The summed E-state index contributed by atoms with van der Waals surface area (Å²) in [4.78, 5) is 12.4. The van der Waals surface area contributed by atoms with Crippen LogP contribution in [0.5, 0.6) is 0 Å². The van der Waals surface area contributed by atoms with Gasteiger partial charge in [-0.25, -0.2) is 0 Å². The third kappa shape index (κ3) is 1.85. The van der Waals surface area contributed by atoms with E-state index >= 15 is 0 Å². The largest absolute Gasteiger partial charge is 0.396 e. The van der Waals surface area contributed by atoms with Crippen molar-refractivity contribution in [3.05, 3.63) is 0 Å². The smallest absolute Gasteiger partial charge is 0.139 e.